The molecule has 2 aromatic carbocycles. The van der Waals surface area contributed by atoms with E-state index in [1.165, 1.54) is 6.07 Å². The lowest BCUT2D eigenvalue weighted by Crippen LogP contribution is -2.49. The second-order valence-corrected chi connectivity index (χ2v) is 8.41. The highest BCUT2D eigenvalue weighted by atomic mass is 32.2. The molecule has 0 aliphatic heterocycles. The number of anilines is 1. The highest BCUT2D eigenvalue weighted by molar-refractivity contribution is 7.92. The Kier molecular flexibility index (Phi) is 5.00. The second kappa shape index (κ2) is 7.07. The van der Waals surface area contributed by atoms with Crippen LogP contribution in [-0.4, -0.2) is 20.6 Å². The number of nitrogens with one attached hydrogen (secondary N) is 2. The van der Waals surface area contributed by atoms with Crippen LogP contribution in [0.1, 0.15) is 30.4 Å². The third-order valence-corrected chi connectivity index (χ3v) is 5.39. The Labute approximate surface area is 152 Å². The van der Waals surface area contributed by atoms with Crippen LogP contribution < -0.4 is 10.0 Å². The molecule has 0 spiro atoms. The quantitative estimate of drug-likeness (QED) is 0.814. The molecule has 1 saturated carbocycles. The van der Waals surface area contributed by atoms with Crippen molar-refractivity contribution < 1.29 is 17.6 Å². The summed E-state index contributed by atoms with van der Waals surface area (Å²) in [5.41, 5.74) is 1.11. The summed E-state index contributed by atoms with van der Waals surface area (Å²) in [6, 6.07) is 13.2. The van der Waals surface area contributed by atoms with Crippen molar-refractivity contribution in [2.75, 3.05) is 11.0 Å². The lowest BCUT2D eigenvalue weighted by Gasteiger charge is -2.40. The highest BCUT2D eigenvalue weighted by Gasteiger charge is 2.45. The molecule has 138 valence electrons. The van der Waals surface area contributed by atoms with Crippen LogP contribution in [0.3, 0.4) is 0 Å². The Morgan fingerprint density at radius 3 is 2.31 bits per heavy atom. The Bertz CT molecular complexity index is 907. The molecule has 0 atom stereocenters. The van der Waals surface area contributed by atoms with Gasteiger partial charge in [0.1, 0.15) is 5.82 Å². The van der Waals surface area contributed by atoms with Crippen LogP contribution in [0.5, 0.6) is 0 Å². The molecule has 2 N–H and O–H groups in total. The van der Waals surface area contributed by atoms with E-state index in [9.17, 15) is 17.6 Å². The van der Waals surface area contributed by atoms with Crippen LogP contribution in [0.25, 0.3) is 0 Å². The number of sulfonamides is 1. The van der Waals surface area contributed by atoms with Crippen molar-refractivity contribution in [1.29, 1.82) is 0 Å². The third kappa shape index (κ3) is 3.88. The van der Waals surface area contributed by atoms with Gasteiger partial charge in [0.2, 0.25) is 15.9 Å². The van der Waals surface area contributed by atoms with Crippen molar-refractivity contribution in [2.45, 2.75) is 31.2 Å². The van der Waals surface area contributed by atoms with Gasteiger partial charge in [-0.05, 0) is 36.6 Å². The fourth-order valence-corrected chi connectivity index (χ4v) is 3.80. The predicted octanol–water partition coefficient (Wildman–Crippen LogP) is 2.94. The van der Waals surface area contributed by atoms with Crippen LogP contribution in [0.4, 0.5) is 10.1 Å². The Hall–Kier alpha value is -2.41. The molecule has 0 aromatic heterocycles. The smallest absolute Gasteiger partial charge is 0.230 e. The highest BCUT2D eigenvalue weighted by Crippen LogP contribution is 2.44. The predicted molar refractivity (Wildman–Crippen MR) is 98.7 cm³/mol. The van der Waals surface area contributed by atoms with Gasteiger partial charge in [-0.25, -0.2) is 12.8 Å². The molecule has 0 saturated heterocycles. The van der Waals surface area contributed by atoms with E-state index in [1.807, 2.05) is 0 Å². The van der Waals surface area contributed by atoms with E-state index in [4.69, 9.17) is 0 Å². The van der Waals surface area contributed by atoms with Crippen molar-refractivity contribution in [3.63, 3.8) is 0 Å². The standard InChI is InChI=1S/C19H21FN2O3S/c1-26(24,25)22-16-9-7-15(8-10-16)19(11-4-12-19)18(23)21-13-14-5-2-3-6-17(14)20/h2-3,5-10,22H,4,11-13H2,1H3,(H,21,23). The maximum atomic E-state index is 13.7. The Morgan fingerprint density at radius 2 is 1.77 bits per heavy atom. The van der Waals surface area contributed by atoms with Gasteiger partial charge in [0, 0.05) is 17.8 Å². The summed E-state index contributed by atoms with van der Waals surface area (Å²) in [6.45, 7) is 0.140. The largest absolute Gasteiger partial charge is 0.351 e. The molecule has 26 heavy (non-hydrogen) atoms. The summed E-state index contributed by atoms with van der Waals surface area (Å²) in [5, 5.41) is 2.84. The zero-order chi connectivity index (χ0) is 18.8. The van der Waals surface area contributed by atoms with E-state index in [0.717, 1.165) is 31.1 Å². The zero-order valence-electron chi connectivity index (χ0n) is 14.5. The number of carbonyl (C=O) groups excluding carboxylic acids is 1. The van der Waals surface area contributed by atoms with Gasteiger partial charge in [-0.2, -0.15) is 0 Å². The maximum absolute atomic E-state index is 13.7. The van der Waals surface area contributed by atoms with E-state index in [-0.39, 0.29) is 18.3 Å². The number of amides is 1. The van der Waals surface area contributed by atoms with Crippen molar-refractivity contribution in [3.8, 4) is 0 Å². The van der Waals surface area contributed by atoms with Gasteiger partial charge in [0.05, 0.1) is 11.7 Å². The minimum atomic E-state index is -3.34. The average Bonchev–Trinajstić information content (AvgIpc) is 2.53. The Balaban J connectivity index is 1.74. The number of hydrogen-bond donors (Lipinski definition) is 2. The number of rotatable bonds is 6. The third-order valence-electron chi connectivity index (χ3n) is 4.78. The summed E-state index contributed by atoms with van der Waals surface area (Å²) in [6.07, 6.45) is 3.46. The molecule has 1 aliphatic carbocycles. The van der Waals surface area contributed by atoms with E-state index >= 15 is 0 Å². The van der Waals surface area contributed by atoms with Gasteiger partial charge >= 0.3 is 0 Å². The summed E-state index contributed by atoms with van der Waals surface area (Å²) in [4.78, 5) is 12.8. The van der Waals surface area contributed by atoms with Gasteiger partial charge < -0.3 is 5.32 Å². The van der Waals surface area contributed by atoms with Crippen LogP contribution in [0, 0.1) is 5.82 Å². The number of halogens is 1. The van der Waals surface area contributed by atoms with E-state index in [0.29, 0.717) is 11.3 Å². The molecule has 1 amide bonds. The molecule has 5 nitrogen and oxygen atoms in total. The lowest BCUT2D eigenvalue weighted by atomic mass is 9.63. The molecule has 0 radical (unpaired) electrons. The van der Waals surface area contributed by atoms with Gasteiger partial charge in [0.15, 0.2) is 0 Å². The first-order valence-corrected chi connectivity index (χ1v) is 10.3. The molecule has 0 bridgehead atoms. The van der Waals surface area contributed by atoms with E-state index in [2.05, 4.69) is 10.0 Å². The summed E-state index contributed by atoms with van der Waals surface area (Å²) < 4.78 is 38.7. The molecule has 2 aromatic rings. The van der Waals surface area contributed by atoms with Crippen molar-refractivity contribution >= 4 is 21.6 Å². The first-order chi connectivity index (χ1) is 12.3. The number of hydrogen-bond acceptors (Lipinski definition) is 3. The monoisotopic (exact) mass is 376 g/mol. The molecule has 0 unspecified atom stereocenters. The average molecular weight is 376 g/mol. The Morgan fingerprint density at radius 1 is 1.12 bits per heavy atom. The van der Waals surface area contributed by atoms with Crippen LogP contribution in [-0.2, 0) is 26.8 Å². The first-order valence-electron chi connectivity index (χ1n) is 8.40. The number of benzene rings is 2. The normalized spacial score (nSPS) is 15.8. The zero-order valence-corrected chi connectivity index (χ0v) is 15.3. The fourth-order valence-electron chi connectivity index (χ4n) is 3.23. The van der Waals surface area contributed by atoms with Gasteiger partial charge in [0.25, 0.3) is 0 Å². The van der Waals surface area contributed by atoms with Crippen molar-refractivity contribution in [3.05, 3.63) is 65.5 Å². The number of carbonyl (C=O) groups is 1. The van der Waals surface area contributed by atoms with Crippen LogP contribution in [0.2, 0.25) is 0 Å². The van der Waals surface area contributed by atoms with Gasteiger partial charge in [-0.1, -0.05) is 36.8 Å². The second-order valence-electron chi connectivity index (χ2n) is 6.66. The molecular weight excluding hydrogens is 355 g/mol. The minimum absolute atomic E-state index is 0.129. The molecule has 1 aliphatic rings. The summed E-state index contributed by atoms with van der Waals surface area (Å²) in [5.74, 6) is -0.470. The lowest BCUT2D eigenvalue weighted by molar-refractivity contribution is -0.130. The van der Waals surface area contributed by atoms with Gasteiger partial charge in [-0.3, -0.25) is 9.52 Å². The SMILES string of the molecule is CS(=O)(=O)Nc1ccc(C2(C(=O)NCc3ccccc3F)CCC2)cc1. The molecule has 1 fully saturated rings. The van der Waals surface area contributed by atoms with Crippen molar-refractivity contribution in [1.82, 2.24) is 5.32 Å². The fraction of sp³-hybridized carbons (Fsp3) is 0.316. The maximum Gasteiger partial charge on any atom is 0.230 e. The molecule has 0 heterocycles. The van der Waals surface area contributed by atoms with E-state index < -0.39 is 15.4 Å². The topological polar surface area (TPSA) is 75.3 Å². The summed E-state index contributed by atoms with van der Waals surface area (Å²) in [7, 11) is -3.34. The van der Waals surface area contributed by atoms with Gasteiger partial charge in [-0.15, -0.1) is 0 Å². The minimum Gasteiger partial charge on any atom is -0.351 e. The molecule has 3 rings (SSSR count). The van der Waals surface area contributed by atoms with Crippen molar-refractivity contribution in [2.24, 2.45) is 0 Å². The van der Waals surface area contributed by atoms with Crippen LogP contribution >= 0.6 is 0 Å². The van der Waals surface area contributed by atoms with Crippen LogP contribution in [0.15, 0.2) is 48.5 Å². The summed E-state index contributed by atoms with van der Waals surface area (Å²) >= 11 is 0. The van der Waals surface area contributed by atoms with E-state index in [1.54, 1.807) is 42.5 Å². The molecular formula is C19H21FN2O3S. The first kappa shape index (κ1) is 18.4. The molecule has 7 heteroatoms.